The third-order valence-corrected chi connectivity index (χ3v) is 3.44. The number of nitrogens with zero attached hydrogens (tertiary/aromatic N) is 1. The topological polar surface area (TPSA) is 49.8 Å². The van der Waals surface area contributed by atoms with Crippen molar-refractivity contribution in [2.45, 2.75) is 19.4 Å². The van der Waals surface area contributed by atoms with Crippen molar-refractivity contribution in [2.75, 3.05) is 0 Å². The van der Waals surface area contributed by atoms with Gasteiger partial charge in [-0.1, -0.05) is 61.5 Å². The molecule has 0 amide bonds. The molecule has 0 saturated heterocycles. The maximum atomic E-state index is 9.06. The van der Waals surface area contributed by atoms with E-state index in [1.165, 1.54) is 11.1 Å². The molecule has 2 aromatic rings. The highest BCUT2D eigenvalue weighted by molar-refractivity contribution is 5.63. The standard InChI is InChI=1S/C17H18N2/c1-2-13(12-18)17(19)16-10-8-15(9-11-16)14-6-4-3-5-7-14/h3-11,13,17H,2,19H2,1H3. The van der Waals surface area contributed by atoms with Crippen LogP contribution in [0.2, 0.25) is 0 Å². The molecule has 2 unspecified atom stereocenters. The van der Waals surface area contributed by atoms with Gasteiger partial charge >= 0.3 is 0 Å². The number of rotatable bonds is 4. The molecule has 2 aromatic carbocycles. The summed E-state index contributed by atoms with van der Waals surface area (Å²) in [6.07, 6.45) is 0.776. The molecule has 19 heavy (non-hydrogen) atoms. The van der Waals surface area contributed by atoms with Gasteiger partial charge in [-0.05, 0) is 23.1 Å². The van der Waals surface area contributed by atoms with Gasteiger partial charge in [0.1, 0.15) is 0 Å². The lowest BCUT2D eigenvalue weighted by Crippen LogP contribution is -2.19. The first-order chi connectivity index (χ1) is 9.26. The molecule has 0 bridgehead atoms. The van der Waals surface area contributed by atoms with Gasteiger partial charge in [-0.2, -0.15) is 5.26 Å². The van der Waals surface area contributed by atoms with Crippen LogP contribution in [0.25, 0.3) is 11.1 Å². The molecule has 0 aromatic heterocycles. The van der Waals surface area contributed by atoms with Crippen LogP contribution >= 0.6 is 0 Å². The lowest BCUT2D eigenvalue weighted by atomic mass is 9.92. The van der Waals surface area contributed by atoms with Crippen LogP contribution in [0.4, 0.5) is 0 Å². The Morgan fingerprint density at radius 2 is 1.58 bits per heavy atom. The van der Waals surface area contributed by atoms with E-state index in [1.54, 1.807) is 0 Å². The number of nitrogens with two attached hydrogens (primary N) is 1. The maximum Gasteiger partial charge on any atom is 0.0675 e. The molecule has 0 spiro atoms. The van der Waals surface area contributed by atoms with Crippen LogP contribution in [-0.4, -0.2) is 0 Å². The highest BCUT2D eigenvalue weighted by atomic mass is 14.6. The summed E-state index contributed by atoms with van der Waals surface area (Å²) in [6, 6.07) is 20.5. The Kier molecular flexibility index (Phi) is 4.33. The van der Waals surface area contributed by atoms with Crippen LogP contribution in [0.1, 0.15) is 24.9 Å². The van der Waals surface area contributed by atoms with E-state index in [4.69, 9.17) is 11.0 Å². The summed E-state index contributed by atoms with van der Waals surface area (Å²) in [5, 5.41) is 9.06. The Bertz CT molecular complexity index is 552. The zero-order valence-electron chi connectivity index (χ0n) is 11.1. The minimum Gasteiger partial charge on any atom is -0.323 e. The zero-order chi connectivity index (χ0) is 13.7. The quantitative estimate of drug-likeness (QED) is 0.894. The minimum absolute atomic E-state index is 0.123. The molecule has 2 heteroatoms. The molecule has 0 fully saturated rings. The van der Waals surface area contributed by atoms with Gasteiger partial charge in [-0.3, -0.25) is 0 Å². The molecular weight excluding hydrogens is 232 g/mol. The van der Waals surface area contributed by atoms with E-state index < -0.39 is 0 Å². The van der Waals surface area contributed by atoms with Gasteiger partial charge in [0.15, 0.2) is 0 Å². The number of nitriles is 1. The van der Waals surface area contributed by atoms with E-state index >= 15 is 0 Å². The highest BCUT2D eigenvalue weighted by Gasteiger charge is 2.16. The van der Waals surface area contributed by atoms with Crippen LogP contribution in [0.15, 0.2) is 54.6 Å². The fourth-order valence-corrected chi connectivity index (χ4v) is 2.19. The normalized spacial score (nSPS) is 13.5. The fraction of sp³-hybridized carbons (Fsp3) is 0.235. The average Bonchev–Trinajstić information content (AvgIpc) is 2.49. The SMILES string of the molecule is CCC(C#N)C(N)c1ccc(-c2ccccc2)cc1. The van der Waals surface area contributed by atoms with Gasteiger partial charge in [-0.15, -0.1) is 0 Å². The second-order valence-electron chi connectivity index (χ2n) is 4.66. The molecule has 0 aliphatic heterocycles. The summed E-state index contributed by atoms with van der Waals surface area (Å²) in [5.41, 5.74) is 9.51. The van der Waals surface area contributed by atoms with Gasteiger partial charge in [0.25, 0.3) is 0 Å². The maximum absolute atomic E-state index is 9.06. The molecule has 0 heterocycles. The van der Waals surface area contributed by atoms with E-state index in [-0.39, 0.29) is 12.0 Å². The van der Waals surface area contributed by atoms with Crippen molar-refractivity contribution >= 4 is 0 Å². The van der Waals surface area contributed by atoms with Crippen LogP contribution < -0.4 is 5.73 Å². The van der Waals surface area contributed by atoms with Gasteiger partial charge in [-0.25, -0.2) is 0 Å². The Morgan fingerprint density at radius 3 is 2.11 bits per heavy atom. The monoisotopic (exact) mass is 250 g/mol. The van der Waals surface area contributed by atoms with Gasteiger partial charge in [0.05, 0.1) is 12.0 Å². The molecular formula is C17H18N2. The van der Waals surface area contributed by atoms with Gasteiger partial charge in [0, 0.05) is 6.04 Å². The van der Waals surface area contributed by atoms with Crippen molar-refractivity contribution in [2.24, 2.45) is 11.7 Å². The van der Waals surface area contributed by atoms with Crippen molar-refractivity contribution < 1.29 is 0 Å². The molecule has 0 aliphatic carbocycles. The molecule has 2 N–H and O–H groups in total. The first-order valence-electron chi connectivity index (χ1n) is 6.57. The fourth-order valence-electron chi connectivity index (χ4n) is 2.19. The number of benzene rings is 2. The molecule has 0 radical (unpaired) electrons. The Balaban J connectivity index is 2.22. The summed E-state index contributed by atoms with van der Waals surface area (Å²) in [6.45, 7) is 1.99. The lowest BCUT2D eigenvalue weighted by molar-refractivity contribution is 0.518. The molecule has 0 aliphatic rings. The first-order valence-corrected chi connectivity index (χ1v) is 6.57. The summed E-state index contributed by atoms with van der Waals surface area (Å²) in [5.74, 6) is -0.123. The minimum atomic E-state index is -0.208. The zero-order valence-corrected chi connectivity index (χ0v) is 11.1. The Labute approximate surface area is 114 Å². The van der Waals surface area contributed by atoms with Crippen molar-refractivity contribution in [1.29, 1.82) is 5.26 Å². The Morgan fingerprint density at radius 1 is 1.00 bits per heavy atom. The predicted octanol–water partition coefficient (Wildman–Crippen LogP) is 3.90. The molecule has 0 saturated carbocycles. The van der Waals surface area contributed by atoms with E-state index in [9.17, 15) is 0 Å². The van der Waals surface area contributed by atoms with Crippen molar-refractivity contribution in [3.63, 3.8) is 0 Å². The van der Waals surface area contributed by atoms with Crippen LogP contribution in [-0.2, 0) is 0 Å². The summed E-state index contributed by atoms with van der Waals surface area (Å²) in [7, 11) is 0. The molecule has 2 rings (SSSR count). The van der Waals surface area contributed by atoms with Gasteiger partial charge < -0.3 is 5.73 Å². The predicted molar refractivity (Wildman–Crippen MR) is 78.2 cm³/mol. The van der Waals surface area contributed by atoms with E-state index in [0.717, 1.165) is 12.0 Å². The smallest absolute Gasteiger partial charge is 0.0675 e. The van der Waals surface area contributed by atoms with Crippen molar-refractivity contribution in [1.82, 2.24) is 0 Å². The third kappa shape index (κ3) is 3.01. The largest absolute Gasteiger partial charge is 0.323 e. The van der Waals surface area contributed by atoms with Crippen LogP contribution in [0.5, 0.6) is 0 Å². The van der Waals surface area contributed by atoms with E-state index in [2.05, 4.69) is 30.3 Å². The van der Waals surface area contributed by atoms with Crippen LogP contribution in [0.3, 0.4) is 0 Å². The number of hydrogen-bond donors (Lipinski definition) is 1. The van der Waals surface area contributed by atoms with Crippen molar-refractivity contribution in [3.05, 3.63) is 60.2 Å². The van der Waals surface area contributed by atoms with Crippen molar-refractivity contribution in [3.8, 4) is 17.2 Å². The van der Waals surface area contributed by atoms with Crippen LogP contribution in [0, 0.1) is 17.2 Å². The third-order valence-electron chi connectivity index (χ3n) is 3.44. The molecule has 2 atom stereocenters. The summed E-state index contributed by atoms with van der Waals surface area (Å²) >= 11 is 0. The second kappa shape index (κ2) is 6.17. The summed E-state index contributed by atoms with van der Waals surface area (Å²) < 4.78 is 0. The lowest BCUT2D eigenvalue weighted by Gasteiger charge is -2.16. The van der Waals surface area contributed by atoms with E-state index in [0.29, 0.717) is 0 Å². The average molecular weight is 250 g/mol. The van der Waals surface area contributed by atoms with Gasteiger partial charge in [0.2, 0.25) is 0 Å². The number of hydrogen-bond acceptors (Lipinski definition) is 2. The van der Waals surface area contributed by atoms with E-state index in [1.807, 2.05) is 37.3 Å². The highest BCUT2D eigenvalue weighted by Crippen LogP contribution is 2.25. The molecule has 96 valence electrons. The summed E-state index contributed by atoms with van der Waals surface area (Å²) in [4.78, 5) is 0. The molecule has 2 nitrogen and oxygen atoms in total. The second-order valence-corrected chi connectivity index (χ2v) is 4.66. The first kappa shape index (κ1) is 13.3. The Hall–Kier alpha value is -2.11.